The van der Waals surface area contributed by atoms with Gasteiger partial charge in [0.15, 0.2) is 0 Å². The third kappa shape index (κ3) is 0.880. The van der Waals surface area contributed by atoms with Crippen LogP contribution in [0.4, 0.5) is 0 Å². The number of rotatable bonds is 1. The first kappa shape index (κ1) is 7.65. The van der Waals surface area contributed by atoms with E-state index in [0.29, 0.717) is 6.54 Å². The summed E-state index contributed by atoms with van der Waals surface area (Å²) in [7, 11) is 0. The molecule has 0 aromatic rings. The summed E-state index contributed by atoms with van der Waals surface area (Å²) in [5.74, 6) is -0.823. The first-order valence-corrected chi connectivity index (χ1v) is 4.14. The van der Waals surface area contributed by atoms with Crippen molar-refractivity contribution >= 4 is 29.2 Å². The summed E-state index contributed by atoms with van der Waals surface area (Å²) in [5.41, 5.74) is 0. The fourth-order valence-electron chi connectivity index (χ4n) is 1.76. The fraction of sp³-hybridized carbons (Fsp3) is 0.833. The van der Waals surface area contributed by atoms with E-state index in [9.17, 15) is 4.79 Å². The summed E-state index contributed by atoms with van der Waals surface area (Å²) in [5, 5.41) is 11.5. The Labute approximate surface area is 73.7 Å². The summed E-state index contributed by atoms with van der Waals surface area (Å²) in [6.45, 7) is 0.620. The van der Waals surface area contributed by atoms with Crippen LogP contribution in [0.1, 0.15) is 0 Å². The van der Waals surface area contributed by atoms with E-state index in [1.807, 2.05) is 0 Å². The minimum absolute atomic E-state index is 0.0941. The lowest BCUT2D eigenvalue weighted by molar-refractivity contribution is -0.139. The highest BCUT2D eigenvalue weighted by atomic mass is 35.5. The number of hydrogen-bond acceptors (Lipinski definition) is 2. The van der Waals surface area contributed by atoms with E-state index in [2.05, 4.69) is 5.32 Å². The number of carbonyl (C=O) groups is 1. The molecule has 0 aromatic heterocycles. The van der Waals surface area contributed by atoms with E-state index in [1.165, 1.54) is 0 Å². The van der Waals surface area contributed by atoms with Crippen LogP contribution in [0, 0.1) is 11.8 Å². The van der Waals surface area contributed by atoms with Crippen molar-refractivity contribution in [3.63, 3.8) is 0 Å². The zero-order valence-corrected chi connectivity index (χ0v) is 7.06. The molecule has 0 aromatic carbocycles. The van der Waals surface area contributed by atoms with E-state index in [4.69, 9.17) is 28.3 Å². The SMILES string of the molecule is O=C(O)[C@H]1NC[C@H]2[C@@H]1C2(Cl)Cl. The molecule has 0 radical (unpaired) electrons. The molecule has 1 aliphatic carbocycles. The second kappa shape index (κ2) is 2.03. The second-order valence-electron chi connectivity index (χ2n) is 3.03. The van der Waals surface area contributed by atoms with Crippen molar-refractivity contribution in [2.24, 2.45) is 11.8 Å². The Morgan fingerprint density at radius 1 is 1.64 bits per heavy atom. The number of nitrogens with one attached hydrogen (secondary N) is 1. The van der Waals surface area contributed by atoms with Gasteiger partial charge in [-0.3, -0.25) is 4.79 Å². The van der Waals surface area contributed by atoms with Crippen LogP contribution in [0.3, 0.4) is 0 Å². The monoisotopic (exact) mass is 195 g/mol. The van der Waals surface area contributed by atoms with Crippen molar-refractivity contribution in [3.8, 4) is 0 Å². The van der Waals surface area contributed by atoms with Gasteiger partial charge in [0.2, 0.25) is 0 Å². The molecule has 1 aliphatic heterocycles. The predicted molar refractivity (Wildman–Crippen MR) is 40.8 cm³/mol. The molecule has 0 bridgehead atoms. The molecule has 1 heterocycles. The highest BCUT2D eigenvalue weighted by Gasteiger charge is 2.70. The summed E-state index contributed by atoms with van der Waals surface area (Å²) in [6.07, 6.45) is 0. The van der Waals surface area contributed by atoms with Crippen LogP contribution in [0.2, 0.25) is 0 Å². The van der Waals surface area contributed by atoms with Gasteiger partial charge in [0, 0.05) is 18.4 Å². The number of carboxylic acid groups (broad SMARTS) is 1. The van der Waals surface area contributed by atoms with Gasteiger partial charge >= 0.3 is 5.97 Å². The van der Waals surface area contributed by atoms with E-state index in [1.54, 1.807) is 0 Å². The maximum Gasteiger partial charge on any atom is 0.321 e. The molecule has 0 amide bonds. The van der Waals surface area contributed by atoms with Crippen LogP contribution >= 0.6 is 23.2 Å². The van der Waals surface area contributed by atoms with Gasteiger partial charge in [-0.1, -0.05) is 0 Å². The zero-order chi connectivity index (χ0) is 8.22. The van der Waals surface area contributed by atoms with Crippen LogP contribution in [0.25, 0.3) is 0 Å². The summed E-state index contributed by atoms with van der Waals surface area (Å²) in [4.78, 5) is 10.5. The first-order valence-electron chi connectivity index (χ1n) is 3.39. The van der Waals surface area contributed by atoms with Gasteiger partial charge in [-0.15, -0.1) is 23.2 Å². The minimum atomic E-state index is -0.860. The molecule has 0 unspecified atom stereocenters. The lowest BCUT2D eigenvalue weighted by Crippen LogP contribution is -2.37. The van der Waals surface area contributed by atoms with Crippen molar-refractivity contribution in [3.05, 3.63) is 0 Å². The molecule has 1 saturated heterocycles. The molecular formula is C6H7Cl2NO2. The molecular weight excluding hydrogens is 189 g/mol. The third-order valence-electron chi connectivity index (χ3n) is 2.45. The molecule has 3 nitrogen and oxygen atoms in total. The van der Waals surface area contributed by atoms with Crippen molar-refractivity contribution in [1.82, 2.24) is 5.32 Å². The Balaban J connectivity index is 2.13. The quantitative estimate of drug-likeness (QED) is 0.599. The Morgan fingerprint density at radius 2 is 2.27 bits per heavy atom. The molecule has 2 fully saturated rings. The highest BCUT2D eigenvalue weighted by Crippen LogP contribution is 2.62. The number of carboxylic acids is 1. The number of aliphatic carboxylic acids is 1. The van der Waals surface area contributed by atoms with E-state index in [-0.39, 0.29) is 11.8 Å². The standard InChI is InChI=1S/C6H7Cl2NO2/c7-6(8)2-1-9-4(3(2)6)5(10)11/h2-4,9H,1H2,(H,10,11)/t2-,3-,4-/m0/s1. The number of piperidine rings is 1. The van der Waals surface area contributed by atoms with Crippen LogP contribution in [0.5, 0.6) is 0 Å². The number of alkyl halides is 2. The van der Waals surface area contributed by atoms with Gasteiger partial charge < -0.3 is 10.4 Å². The lowest BCUT2D eigenvalue weighted by Gasteiger charge is -2.11. The van der Waals surface area contributed by atoms with E-state index in [0.717, 1.165) is 0 Å². The Bertz CT molecular complexity index is 219. The smallest absolute Gasteiger partial charge is 0.321 e. The van der Waals surface area contributed by atoms with Crippen molar-refractivity contribution in [1.29, 1.82) is 0 Å². The van der Waals surface area contributed by atoms with E-state index < -0.39 is 16.3 Å². The first-order chi connectivity index (χ1) is 5.05. The number of halogens is 2. The van der Waals surface area contributed by atoms with Crippen LogP contribution < -0.4 is 5.32 Å². The largest absolute Gasteiger partial charge is 0.480 e. The predicted octanol–water partition coefficient (Wildman–Crippen LogP) is 0.463. The third-order valence-corrected chi connectivity index (χ3v) is 3.51. The van der Waals surface area contributed by atoms with E-state index >= 15 is 0 Å². The van der Waals surface area contributed by atoms with Crippen LogP contribution in [-0.4, -0.2) is 28.0 Å². The average molecular weight is 196 g/mol. The Hall–Kier alpha value is 0.01000. The van der Waals surface area contributed by atoms with Crippen molar-refractivity contribution < 1.29 is 9.90 Å². The van der Waals surface area contributed by atoms with Crippen molar-refractivity contribution in [2.45, 2.75) is 10.4 Å². The minimum Gasteiger partial charge on any atom is -0.480 e. The fourth-order valence-corrected chi connectivity index (χ4v) is 2.61. The molecule has 2 rings (SSSR count). The molecule has 3 atom stereocenters. The molecule has 0 spiro atoms. The Kier molecular flexibility index (Phi) is 1.41. The van der Waals surface area contributed by atoms with Gasteiger partial charge in [-0.2, -0.15) is 0 Å². The maximum atomic E-state index is 10.5. The normalized spacial score (nSPS) is 45.1. The van der Waals surface area contributed by atoms with Gasteiger partial charge in [-0.05, 0) is 0 Å². The topological polar surface area (TPSA) is 49.3 Å². The maximum absolute atomic E-state index is 10.5. The van der Waals surface area contributed by atoms with Crippen LogP contribution in [-0.2, 0) is 4.79 Å². The van der Waals surface area contributed by atoms with Gasteiger partial charge in [0.05, 0.1) is 0 Å². The molecule has 5 heteroatoms. The molecule has 2 N–H and O–H groups in total. The summed E-state index contributed by atoms with van der Waals surface area (Å²) < 4.78 is -0.783. The summed E-state index contributed by atoms with van der Waals surface area (Å²) >= 11 is 11.6. The molecule has 11 heavy (non-hydrogen) atoms. The number of hydrogen-bond donors (Lipinski definition) is 2. The molecule has 2 aliphatic rings. The lowest BCUT2D eigenvalue weighted by atomic mass is 10.2. The molecule has 1 saturated carbocycles. The number of fused-ring (bicyclic) bond motifs is 1. The Morgan fingerprint density at radius 3 is 2.55 bits per heavy atom. The zero-order valence-electron chi connectivity index (χ0n) is 5.55. The van der Waals surface area contributed by atoms with Gasteiger partial charge in [0.25, 0.3) is 0 Å². The molecule has 62 valence electrons. The van der Waals surface area contributed by atoms with Crippen LogP contribution in [0.15, 0.2) is 0 Å². The second-order valence-corrected chi connectivity index (χ2v) is 4.48. The van der Waals surface area contributed by atoms with Crippen molar-refractivity contribution in [2.75, 3.05) is 6.54 Å². The average Bonchev–Trinajstić information content (AvgIpc) is 2.34. The summed E-state index contributed by atoms with van der Waals surface area (Å²) in [6, 6.07) is -0.546. The van der Waals surface area contributed by atoms with Gasteiger partial charge in [-0.25, -0.2) is 0 Å². The van der Waals surface area contributed by atoms with Gasteiger partial charge in [0.1, 0.15) is 10.4 Å². The highest BCUT2D eigenvalue weighted by molar-refractivity contribution is 6.51.